The van der Waals surface area contributed by atoms with Crippen molar-refractivity contribution in [2.45, 2.75) is 9.79 Å². The Bertz CT molecular complexity index is 784. The van der Waals surface area contributed by atoms with Crippen LogP contribution in [0.15, 0.2) is 52.3 Å². The molecule has 0 fully saturated rings. The van der Waals surface area contributed by atoms with Crippen LogP contribution in [-0.2, 0) is 9.84 Å². The first kappa shape index (κ1) is 13.8. The minimum atomic E-state index is -4.26. The third-order valence-corrected chi connectivity index (χ3v) is 4.43. The van der Waals surface area contributed by atoms with Gasteiger partial charge in [-0.05, 0) is 18.2 Å². The molecule has 2 aromatic carbocycles. The molecular weight excluding hydrogens is 286 g/mol. The molecule has 8 heteroatoms. The topological polar surface area (TPSA) is 118 Å². The van der Waals surface area contributed by atoms with E-state index in [1.807, 2.05) is 0 Å². The Hall–Kier alpha value is -2.61. The molecule has 0 heterocycles. The summed E-state index contributed by atoms with van der Waals surface area (Å²) in [6, 6.07) is 7.73. The number of phenolic OH excluding ortho intramolecular Hbond substituents is 2. The Morgan fingerprint density at radius 3 is 2.25 bits per heavy atom. The number of phenols is 2. The number of sulfone groups is 1. The van der Waals surface area contributed by atoms with Crippen molar-refractivity contribution in [2.24, 2.45) is 0 Å². The fourth-order valence-electron chi connectivity index (χ4n) is 1.69. The van der Waals surface area contributed by atoms with E-state index in [0.717, 1.165) is 30.3 Å². The van der Waals surface area contributed by atoms with Crippen LogP contribution in [-0.4, -0.2) is 23.6 Å². The summed E-state index contributed by atoms with van der Waals surface area (Å²) in [5.74, 6) is -0.993. The summed E-state index contributed by atoms with van der Waals surface area (Å²) < 4.78 is 24.7. The quantitative estimate of drug-likeness (QED) is 0.659. The summed E-state index contributed by atoms with van der Waals surface area (Å²) in [6.07, 6.45) is 0. The van der Waals surface area contributed by atoms with Crippen LogP contribution in [0.2, 0.25) is 0 Å². The molecule has 0 saturated carbocycles. The van der Waals surface area contributed by atoms with Gasteiger partial charge in [-0.25, -0.2) is 8.42 Å². The first-order valence-corrected chi connectivity index (χ1v) is 6.83. The molecular formula is C12H9NO6S. The molecule has 2 rings (SSSR count). The normalized spacial score (nSPS) is 11.2. The zero-order valence-corrected chi connectivity index (χ0v) is 10.7. The van der Waals surface area contributed by atoms with E-state index in [-0.39, 0.29) is 5.75 Å². The van der Waals surface area contributed by atoms with E-state index in [1.54, 1.807) is 0 Å². The van der Waals surface area contributed by atoms with E-state index in [1.165, 1.54) is 12.1 Å². The van der Waals surface area contributed by atoms with Crippen LogP contribution < -0.4 is 0 Å². The highest BCUT2D eigenvalue weighted by Crippen LogP contribution is 2.34. The molecule has 0 amide bonds. The van der Waals surface area contributed by atoms with Gasteiger partial charge in [-0.15, -0.1) is 0 Å². The van der Waals surface area contributed by atoms with Crippen LogP contribution in [0.4, 0.5) is 5.69 Å². The fourth-order valence-corrected chi connectivity index (χ4v) is 3.18. The van der Waals surface area contributed by atoms with Gasteiger partial charge in [0, 0.05) is 12.1 Å². The number of aromatic hydroxyl groups is 2. The number of hydrogen-bond acceptors (Lipinski definition) is 6. The maximum Gasteiger partial charge on any atom is 0.288 e. The maximum atomic E-state index is 12.3. The number of para-hydroxylation sites is 1. The van der Waals surface area contributed by atoms with E-state index in [0.29, 0.717) is 0 Å². The number of nitro groups is 1. The number of hydrogen-bond donors (Lipinski definition) is 2. The van der Waals surface area contributed by atoms with Crippen LogP contribution >= 0.6 is 0 Å². The highest BCUT2D eigenvalue weighted by Gasteiger charge is 2.29. The molecule has 2 N–H and O–H groups in total. The Balaban J connectivity index is 2.71. The zero-order valence-electron chi connectivity index (χ0n) is 9.92. The number of nitrogens with zero attached hydrogens (tertiary/aromatic N) is 1. The fraction of sp³-hybridized carbons (Fsp3) is 0. The van der Waals surface area contributed by atoms with Crippen molar-refractivity contribution in [3.8, 4) is 11.5 Å². The smallest absolute Gasteiger partial charge is 0.288 e. The van der Waals surface area contributed by atoms with Gasteiger partial charge in [0.15, 0.2) is 0 Å². The van der Waals surface area contributed by atoms with Gasteiger partial charge in [0.1, 0.15) is 21.3 Å². The van der Waals surface area contributed by atoms with Crippen molar-refractivity contribution in [2.75, 3.05) is 0 Å². The Labute approximate surface area is 113 Å². The highest BCUT2D eigenvalue weighted by molar-refractivity contribution is 7.91. The lowest BCUT2D eigenvalue weighted by Gasteiger charge is -2.07. The van der Waals surface area contributed by atoms with Gasteiger partial charge >= 0.3 is 0 Å². The molecule has 0 aliphatic carbocycles. The lowest BCUT2D eigenvalue weighted by Crippen LogP contribution is -2.05. The lowest BCUT2D eigenvalue weighted by molar-refractivity contribution is -0.387. The number of benzene rings is 2. The molecule has 0 saturated heterocycles. The van der Waals surface area contributed by atoms with Gasteiger partial charge in [-0.2, -0.15) is 0 Å². The molecule has 0 atom stereocenters. The second kappa shape index (κ2) is 4.82. The summed E-state index contributed by atoms with van der Waals surface area (Å²) in [7, 11) is -4.26. The van der Waals surface area contributed by atoms with Gasteiger partial charge in [-0.1, -0.05) is 12.1 Å². The molecule has 2 aromatic rings. The molecule has 0 aromatic heterocycles. The van der Waals surface area contributed by atoms with E-state index in [9.17, 15) is 23.6 Å². The standard InChI is InChI=1S/C12H9NO6S/c14-8-5-6-12(10(15)7-8)20(18,19)11-4-2-1-3-9(11)13(16)17/h1-7,14-15H. The summed E-state index contributed by atoms with van der Waals surface area (Å²) >= 11 is 0. The molecule has 0 bridgehead atoms. The molecule has 0 spiro atoms. The predicted molar refractivity (Wildman–Crippen MR) is 68.3 cm³/mol. The van der Waals surface area contributed by atoms with Gasteiger partial charge in [0.2, 0.25) is 9.84 Å². The number of rotatable bonds is 3. The molecule has 0 radical (unpaired) electrons. The van der Waals surface area contributed by atoms with Crippen molar-refractivity contribution in [3.05, 3.63) is 52.6 Å². The highest BCUT2D eigenvalue weighted by atomic mass is 32.2. The molecule has 0 aliphatic heterocycles. The predicted octanol–water partition coefficient (Wildman–Crippen LogP) is 1.84. The van der Waals surface area contributed by atoms with Gasteiger partial charge < -0.3 is 10.2 Å². The van der Waals surface area contributed by atoms with E-state index < -0.39 is 36.0 Å². The first-order valence-electron chi connectivity index (χ1n) is 5.34. The van der Waals surface area contributed by atoms with Crippen molar-refractivity contribution >= 4 is 15.5 Å². The monoisotopic (exact) mass is 295 g/mol. The Morgan fingerprint density at radius 2 is 1.65 bits per heavy atom. The van der Waals surface area contributed by atoms with Crippen LogP contribution in [0.25, 0.3) is 0 Å². The van der Waals surface area contributed by atoms with Crippen molar-refractivity contribution in [3.63, 3.8) is 0 Å². The summed E-state index contributed by atoms with van der Waals surface area (Å²) in [5.41, 5.74) is -0.583. The molecule has 0 aliphatic rings. The summed E-state index contributed by atoms with van der Waals surface area (Å²) in [4.78, 5) is 9.03. The molecule has 0 unspecified atom stereocenters. The van der Waals surface area contributed by atoms with Crippen LogP contribution in [0.3, 0.4) is 0 Å². The van der Waals surface area contributed by atoms with Gasteiger partial charge in [-0.3, -0.25) is 10.1 Å². The average molecular weight is 295 g/mol. The lowest BCUT2D eigenvalue weighted by atomic mass is 10.3. The van der Waals surface area contributed by atoms with E-state index in [4.69, 9.17) is 5.11 Å². The first-order chi connectivity index (χ1) is 9.34. The Morgan fingerprint density at radius 1 is 1.00 bits per heavy atom. The third kappa shape index (κ3) is 2.28. The van der Waals surface area contributed by atoms with Crippen molar-refractivity contribution in [1.82, 2.24) is 0 Å². The zero-order chi connectivity index (χ0) is 14.9. The van der Waals surface area contributed by atoms with Gasteiger partial charge in [0.25, 0.3) is 5.69 Å². The summed E-state index contributed by atoms with van der Waals surface area (Å²) in [6.45, 7) is 0. The molecule has 20 heavy (non-hydrogen) atoms. The SMILES string of the molecule is O=[N+]([O-])c1ccccc1S(=O)(=O)c1ccc(O)cc1O. The van der Waals surface area contributed by atoms with Crippen molar-refractivity contribution < 1.29 is 23.6 Å². The second-order valence-corrected chi connectivity index (χ2v) is 5.77. The minimum Gasteiger partial charge on any atom is -0.508 e. The van der Waals surface area contributed by atoms with E-state index in [2.05, 4.69) is 0 Å². The third-order valence-electron chi connectivity index (χ3n) is 2.58. The Kier molecular flexibility index (Phi) is 3.33. The van der Waals surface area contributed by atoms with Crippen LogP contribution in [0.5, 0.6) is 11.5 Å². The number of nitro benzene ring substituents is 1. The second-order valence-electron chi connectivity index (χ2n) is 3.88. The average Bonchev–Trinajstić information content (AvgIpc) is 2.38. The van der Waals surface area contributed by atoms with Crippen LogP contribution in [0.1, 0.15) is 0 Å². The van der Waals surface area contributed by atoms with Crippen molar-refractivity contribution in [1.29, 1.82) is 0 Å². The maximum absolute atomic E-state index is 12.3. The van der Waals surface area contributed by atoms with E-state index >= 15 is 0 Å². The summed E-state index contributed by atoms with van der Waals surface area (Å²) in [5, 5.41) is 29.6. The largest absolute Gasteiger partial charge is 0.508 e. The minimum absolute atomic E-state index is 0.316. The molecule has 7 nitrogen and oxygen atoms in total. The van der Waals surface area contributed by atoms with Crippen LogP contribution in [0, 0.1) is 10.1 Å². The molecule has 104 valence electrons. The van der Waals surface area contributed by atoms with Gasteiger partial charge in [0.05, 0.1) is 4.92 Å².